The van der Waals surface area contributed by atoms with Gasteiger partial charge in [-0.15, -0.1) is 0 Å². The minimum Gasteiger partial charge on any atom is -0.454 e. The topological polar surface area (TPSA) is 108 Å². The van der Waals surface area contributed by atoms with Gasteiger partial charge < -0.3 is 15.2 Å². The van der Waals surface area contributed by atoms with Gasteiger partial charge in [-0.05, 0) is 30.3 Å². The summed E-state index contributed by atoms with van der Waals surface area (Å²) in [6, 6.07) is 12.4. The lowest BCUT2D eigenvalue weighted by Crippen LogP contribution is -2.14. The molecule has 26 heavy (non-hydrogen) atoms. The van der Waals surface area contributed by atoms with Crippen LogP contribution in [0.3, 0.4) is 0 Å². The second-order valence-electron chi connectivity index (χ2n) is 5.82. The van der Waals surface area contributed by atoms with Crippen LogP contribution in [0.2, 0.25) is 0 Å². The molecule has 3 aromatic heterocycles. The van der Waals surface area contributed by atoms with Crippen LogP contribution in [-0.2, 0) is 0 Å². The molecule has 0 spiro atoms. The Labute approximate surface area is 146 Å². The Kier molecular flexibility index (Phi) is 2.99. The molecule has 1 aromatic carbocycles. The Morgan fingerprint density at radius 1 is 1.08 bits per heavy atom. The number of hydrogen-bond acceptors (Lipinski definition) is 6. The van der Waals surface area contributed by atoms with E-state index in [-0.39, 0.29) is 12.4 Å². The lowest BCUT2D eigenvalue weighted by atomic mass is 10.1. The van der Waals surface area contributed by atoms with Gasteiger partial charge >= 0.3 is 0 Å². The normalized spacial score (nSPS) is 12.6. The largest absolute Gasteiger partial charge is 0.454 e. The van der Waals surface area contributed by atoms with E-state index in [1.165, 1.54) is 10.6 Å². The summed E-state index contributed by atoms with van der Waals surface area (Å²) in [5, 5.41) is 2.85. The predicted molar refractivity (Wildman–Crippen MR) is 95.0 cm³/mol. The molecule has 4 aromatic rings. The number of benzene rings is 1. The number of anilines is 1. The molecule has 1 aliphatic heterocycles. The molecular weight excluding hydrogens is 334 g/mol. The maximum atomic E-state index is 12.6. The van der Waals surface area contributed by atoms with Crippen LogP contribution < -0.4 is 20.8 Å². The highest BCUT2D eigenvalue weighted by Crippen LogP contribution is 2.35. The third kappa shape index (κ3) is 2.12. The SMILES string of the molecule is Nc1[nH]n2c(=O)cc(-c3ccc4c(c3)OCO4)nc2c1-c1ccccn1. The Morgan fingerprint density at radius 3 is 2.81 bits per heavy atom. The van der Waals surface area contributed by atoms with E-state index >= 15 is 0 Å². The van der Waals surface area contributed by atoms with Gasteiger partial charge in [0.15, 0.2) is 17.1 Å². The van der Waals surface area contributed by atoms with Crippen molar-refractivity contribution in [1.82, 2.24) is 19.6 Å². The second-order valence-corrected chi connectivity index (χ2v) is 5.82. The van der Waals surface area contributed by atoms with Crippen molar-refractivity contribution in [2.45, 2.75) is 0 Å². The Balaban J connectivity index is 1.75. The summed E-state index contributed by atoms with van der Waals surface area (Å²) in [6.45, 7) is 0.187. The molecule has 0 atom stereocenters. The molecule has 0 bridgehead atoms. The van der Waals surface area contributed by atoms with Crippen molar-refractivity contribution in [3.63, 3.8) is 0 Å². The zero-order valence-electron chi connectivity index (χ0n) is 13.5. The Morgan fingerprint density at radius 2 is 1.96 bits per heavy atom. The van der Waals surface area contributed by atoms with Crippen LogP contribution in [-0.4, -0.2) is 26.4 Å². The quantitative estimate of drug-likeness (QED) is 0.575. The molecule has 0 amide bonds. The lowest BCUT2D eigenvalue weighted by molar-refractivity contribution is 0.174. The third-order valence-corrected chi connectivity index (χ3v) is 4.23. The first-order valence-corrected chi connectivity index (χ1v) is 7.93. The number of nitrogens with zero attached hydrogens (tertiary/aromatic N) is 3. The molecule has 0 radical (unpaired) electrons. The Bertz CT molecular complexity index is 1200. The summed E-state index contributed by atoms with van der Waals surface area (Å²) in [6.07, 6.45) is 1.66. The number of hydrogen-bond donors (Lipinski definition) is 2. The van der Waals surface area contributed by atoms with Gasteiger partial charge in [0.05, 0.1) is 17.0 Å². The van der Waals surface area contributed by atoms with E-state index in [0.717, 1.165) is 5.56 Å². The second kappa shape index (κ2) is 5.35. The van der Waals surface area contributed by atoms with Crippen molar-refractivity contribution in [2.24, 2.45) is 0 Å². The van der Waals surface area contributed by atoms with Crippen molar-refractivity contribution in [2.75, 3.05) is 12.5 Å². The van der Waals surface area contributed by atoms with Gasteiger partial charge in [0.2, 0.25) is 6.79 Å². The average Bonchev–Trinajstić information content (AvgIpc) is 3.25. The molecule has 0 saturated heterocycles. The van der Waals surface area contributed by atoms with Crippen molar-refractivity contribution in [3.05, 3.63) is 59.0 Å². The first-order chi connectivity index (χ1) is 12.7. The summed E-state index contributed by atoms with van der Waals surface area (Å²) in [4.78, 5) is 21.5. The van der Waals surface area contributed by atoms with E-state index in [2.05, 4.69) is 15.1 Å². The van der Waals surface area contributed by atoms with Crippen LogP contribution in [0.15, 0.2) is 53.5 Å². The van der Waals surface area contributed by atoms with E-state index in [0.29, 0.717) is 39.9 Å². The Hall–Kier alpha value is -3.81. The van der Waals surface area contributed by atoms with Gasteiger partial charge in [-0.1, -0.05) is 6.07 Å². The number of nitrogens with two attached hydrogens (primary N) is 1. The van der Waals surface area contributed by atoms with Gasteiger partial charge in [-0.2, -0.15) is 4.52 Å². The fraction of sp³-hybridized carbons (Fsp3) is 0.0556. The standard InChI is InChI=1S/C18H13N5O3/c19-17-16(11-3-1-2-6-20-11)18-21-12(8-15(24)23(18)22-17)10-4-5-13-14(7-10)26-9-25-13/h1-8,22H,9,19H2. The molecular formula is C18H13N5O3. The van der Waals surface area contributed by atoms with E-state index in [9.17, 15) is 4.79 Å². The summed E-state index contributed by atoms with van der Waals surface area (Å²) in [5.74, 6) is 1.63. The number of H-pyrrole nitrogens is 1. The number of fused-ring (bicyclic) bond motifs is 2. The van der Waals surface area contributed by atoms with Crippen LogP contribution >= 0.6 is 0 Å². The predicted octanol–water partition coefficient (Wildman–Crippen LogP) is 2.06. The highest BCUT2D eigenvalue weighted by Gasteiger charge is 2.18. The summed E-state index contributed by atoms with van der Waals surface area (Å²) in [7, 11) is 0. The van der Waals surface area contributed by atoms with E-state index in [1.54, 1.807) is 18.3 Å². The number of aromatic nitrogens is 4. The molecule has 0 aliphatic carbocycles. The van der Waals surface area contributed by atoms with Gasteiger partial charge in [0.25, 0.3) is 5.56 Å². The minimum atomic E-state index is -0.267. The van der Waals surface area contributed by atoms with Crippen molar-refractivity contribution in [3.8, 4) is 34.0 Å². The van der Waals surface area contributed by atoms with Crippen molar-refractivity contribution < 1.29 is 9.47 Å². The molecule has 8 heteroatoms. The van der Waals surface area contributed by atoms with E-state index < -0.39 is 0 Å². The molecule has 8 nitrogen and oxygen atoms in total. The number of rotatable bonds is 2. The van der Waals surface area contributed by atoms with Gasteiger partial charge in [0, 0.05) is 17.8 Å². The summed E-state index contributed by atoms with van der Waals surface area (Å²) in [5.41, 5.74) is 8.73. The maximum Gasteiger partial charge on any atom is 0.273 e. The van der Waals surface area contributed by atoms with Crippen molar-refractivity contribution >= 4 is 11.5 Å². The zero-order chi connectivity index (χ0) is 17.7. The molecule has 1 aliphatic rings. The maximum absolute atomic E-state index is 12.6. The molecule has 0 unspecified atom stereocenters. The fourth-order valence-corrected chi connectivity index (χ4v) is 3.02. The highest BCUT2D eigenvalue weighted by atomic mass is 16.7. The first-order valence-electron chi connectivity index (χ1n) is 7.93. The van der Waals surface area contributed by atoms with E-state index in [4.69, 9.17) is 15.2 Å². The van der Waals surface area contributed by atoms with Crippen molar-refractivity contribution in [1.29, 1.82) is 0 Å². The van der Waals surface area contributed by atoms with Gasteiger partial charge in [0.1, 0.15) is 5.82 Å². The molecule has 4 heterocycles. The molecule has 0 saturated carbocycles. The summed E-state index contributed by atoms with van der Waals surface area (Å²) >= 11 is 0. The number of pyridine rings is 1. The van der Waals surface area contributed by atoms with Gasteiger partial charge in [-0.3, -0.25) is 14.9 Å². The zero-order valence-corrected chi connectivity index (χ0v) is 13.5. The first kappa shape index (κ1) is 14.5. The number of aromatic amines is 1. The van der Waals surface area contributed by atoms with Crippen LogP contribution in [0, 0.1) is 0 Å². The smallest absolute Gasteiger partial charge is 0.273 e. The molecule has 5 rings (SSSR count). The monoisotopic (exact) mass is 347 g/mol. The number of ether oxygens (including phenoxy) is 2. The number of nitrogens with one attached hydrogen (secondary N) is 1. The molecule has 0 fully saturated rings. The van der Waals surface area contributed by atoms with Crippen LogP contribution in [0.4, 0.5) is 5.82 Å². The average molecular weight is 347 g/mol. The van der Waals surface area contributed by atoms with Crippen LogP contribution in [0.1, 0.15) is 0 Å². The highest BCUT2D eigenvalue weighted by molar-refractivity contribution is 5.85. The number of nitrogen functional groups attached to an aromatic ring is 1. The van der Waals surface area contributed by atoms with Crippen LogP contribution in [0.25, 0.3) is 28.2 Å². The molecule has 3 N–H and O–H groups in total. The van der Waals surface area contributed by atoms with Gasteiger partial charge in [-0.25, -0.2) is 4.98 Å². The fourth-order valence-electron chi connectivity index (χ4n) is 3.02. The molecule has 128 valence electrons. The van der Waals surface area contributed by atoms with E-state index in [1.807, 2.05) is 24.3 Å². The minimum absolute atomic E-state index is 0.187. The van der Waals surface area contributed by atoms with Crippen LogP contribution in [0.5, 0.6) is 11.5 Å². The third-order valence-electron chi connectivity index (χ3n) is 4.23. The summed E-state index contributed by atoms with van der Waals surface area (Å²) < 4.78 is 12.0. The lowest BCUT2D eigenvalue weighted by Gasteiger charge is -2.04.